The third kappa shape index (κ3) is 6.64. The van der Waals surface area contributed by atoms with Crippen molar-refractivity contribution in [3.63, 3.8) is 0 Å². The smallest absolute Gasteiger partial charge is 0.411 e. The monoisotopic (exact) mass is 563 g/mol. The molecule has 1 aliphatic heterocycles. The summed E-state index contributed by atoms with van der Waals surface area (Å²) >= 11 is 0. The number of fused-ring (bicyclic) bond motifs is 2. The van der Waals surface area contributed by atoms with Crippen LogP contribution in [-0.4, -0.2) is 35.5 Å². The zero-order valence-corrected chi connectivity index (χ0v) is 22.7. The van der Waals surface area contributed by atoms with Crippen molar-refractivity contribution >= 4 is 35.3 Å². The first-order valence-electron chi connectivity index (χ1n) is 13.4. The van der Waals surface area contributed by atoms with E-state index < -0.39 is 18.0 Å². The summed E-state index contributed by atoms with van der Waals surface area (Å²) in [7, 11) is 0. The van der Waals surface area contributed by atoms with Crippen molar-refractivity contribution in [3.05, 3.63) is 131 Å². The summed E-state index contributed by atoms with van der Waals surface area (Å²) in [6.07, 6.45) is -0.758. The first-order chi connectivity index (χ1) is 20.4. The largest absolute Gasteiger partial charge is 0.481 e. The lowest BCUT2D eigenvalue weighted by atomic mass is 9.86. The highest BCUT2D eigenvalue weighted by atomic mass is 16.5. The number of ether oxygens (including phenoxy) is 1. The molecule has 0 spiro atoms. The number of benzene rings is 4. The molecule has 9 heteroatoms. The Morgan fingerprint density at radius 3 is 2.19 bits per heavy atom. The van der Waals surface area contributed by atoms with Crippen molar-refractivity contribution in [1.29, 1.82) is 0 Å². The summed E-state index contributed by atoms with van der Waals surface area (Å²) in [5.74, 6) is -2.25. The minimum atomic E-state index is -0.978. The van der Waals surface area contributed by atoms with Gasteiger partial charge in [0, 0.05) is 29.4 Å². The third-order valence-corrected chi connectivity index (χ3v) is 7.00. The maximum atomic E-state index is 13.6. The van der Waals surface area contributed by atoms with E-state index in [2.05, 4.69) is 10.6 Å². The highest BCUT2D eigenvalue weighted by Gasteiger charge is 2.34. The summed E-state index contributed by atoms with van der Waals surface area (Å²) in [6.45, 7) is 0.128. The highest BCUT2D eigenvalue weighted by molar-refractivity contribution is 6.11. The molecule has 4 aromatic rings. The Balaban J connectivity index is 1.22. The van der Waals surface area contributed by atoms with E-state index in [0.717, 1.165) is 11.1 Å². The third-order valence-electron chi connectivity index (χ3n) is 7.00. The van der Waals surface area contributed by atoms with Crippen LogP contribution < -0.4 is 15.5 Å². The van der Waals surface area contributed by atoms with Crippen molar-refractivity contribution in [1.82, 2.24) is 5.32 Å². The van der Waals surface area contributed by atoms with Gasteiger partial charge in [-0.3, -0.25) is 24.6 Å². The molecule has 0 radical (unpaired) electrons. The van der Waals surface area contributed by atoms with Gasteiger partial charge in [0.05, 0.1) is 6.42 Å². The molecule has 1 atom stereocenters. The SMILES string of the molecule is O=C(O)CC1c2ccccc2C(=O)N(CC(=O)NCc2ccc(NC(=O)OCc3ccccc3)cc2)c2ccccc21. The molecule has 1 heterocycles. The Kier molecular flexibility index (Phi) is 8.58. The maximum Gasteiger partial charge on any atom is 0.411 e. The van der Waals surface area contributed by atoms with Crippen molar-refractivity contribution in [2.45, 2.75) is 25.5 Å². The number of rotatable bonds is 9. The second-order valence-corrected chi connectivity index (χ2v) is 9.85. The van der Waals surface area contributed by atoms with Gasteiger partial charge >= 0.3 is 12.1 Å². The fourth-order valence-electron chi connectivity index (χ4n) is 4.98. The van der Waals surface area contributed by atoms with Crippen LogP contribution in [0.2, 0.25) is 0 Å². The van der Waals surface area contributed by atoms with Gasteiger partial charge in [0.15, 0.2) is 0 Å². The van der Waals surface area contributed by atoms with Crippen LogP contribution in [0.25, 0.3) is 0 Å². The summed E-state index contributed by atoms with van der Waals surface area (Å²) in [5, 5.41) is 15.1. The van der Waals surface area contributed by atoms with Crippen LogP contribution >= 0.6 is 0 Å². The van der Waals surface area contributed by atoms with Crippen molar-refractivity contribution in [3.8, 4) is 0 Å². The molecule has 0 aromatic heterocycles. The summed E-state index contributed by atoms with van der Waals surface area (Å²) in [5.41, 5.74) is 4.40. The number of nitrogens with one attached hydrogen (secondary N) is 2. The maximum absolute atomic E-state index is 13.6. The van der Waals surface area contributed by atoms with Gasteiger partial charge in [-0.1, -0.05) is 78.9 Å². The van der Waals surface area contributed by atoms with Crippen LogP contribution in [0.4, 0.5) is 16.2 Å². The molecule has 5 rings (SSSR count). The van der Waals surface area contributed by atoms with Crippen LogP contribution in [0, 0.1) is 0 Å². The molecule has 3 N–H and O–H groups in total. The van der Waals surface area contributed by atoms with Gasteiger partial charge in [0.1, 0.15) is 13.2 Å². The molecule has 0 saturated heterocycles. The molecule has 4 aromatic carbocycles. The van der Waals surface area contributed by atoms with Gasteiger partial charge < -0.3 is 15.2 Å². The van der Waals surface area contributed by atoms with Crippen molar-refractivity contribution < 1.29 is 29.0 Å². The molecular weight excluding hydrogens is 534 g/mol. The van der Waals surface area contributed by atoms with E-state index in [1.165, 1.54) is 4.90 Å². The van der Waals surface area contributed by atoms with E-state index in [-0.39, 0.29) is 37.9 Å². The zero-order chi connectivity index (χ0) is 29.5. The molecule has 0 bridgehead atoms. The van der Waals surface area contributed by atoms with Gasteiger partial charge in [0.2, 0.25) is 5.91 Å². The Hall–Kier alpha value is -5.44. The second-order valence-electron chi connectivity index (χ2n) is 9.85. The van der Waals surface area contributed by atoms with Crippen LogP contribution in [0.5, 0.6) is 0 Å². The van der Waals surface area contributed by atoms with Gasteiger partial charge in [0.25, 0.3) is 5.91 Å². The molecule has 0 aliphatic carbocycles. The van der Waals surface area contributed by atoms with E-state index in [4.69, 9.17) is 4.74 Å². The quantitative estimate of drug-likeness (QED) is 0.253. The molecule has 1 unspecified atom stereocenters. The molecule has 42 heavy (non-hydrogen) atoms. The number of carbonyl (C=O) groups is 4. The topological polar surface area (TPSA) is 125 Å². The van der Waals surface area contributed by atoms with Crippen LogP contribution in [0.15, 0.2) is 103 Å². The highest BCUT2D eigenvalue weighted by Crippen LogP contribution is 2.40. The first kappa shape index (κ1) is 28.1. The number of anilines is 2. The predicted octanol–water partition coefficient (Wildman–Crippen LogP) is 5.32. The van der Waals surface area contributed by atoms with Crippen LogP contribution in [0.1, 0.15) is 45.0 Å². The fourth-order valence-corrected chi connectivity index (χ4v) is 4.98. The number of hydrogen-bond donors (Lipinski definition) is 3. The summed E-state index contributed by atoms with van der Waals surface area (Å²) in [4.78, 5) is 51.9. The van der Waals surface area contributed by atoms with Crippen molar-refractivity contribution in [2.75, 3.05) is 16.8 Å². The fraction of sp³-hybridized carbons (Fsp3) is 0.152. The number of carboxylic acids is 1. The van der Waals surface area contributed by atoms with Gasteiger partial charge in [-0.25, -0.2) is 4.79 Å². The predicted molar refractivity (Wildman–Crippen MR) is 157 cm³/mol. The Morgan fingerprint density at radius 2 is 1.45 bits per heavy atom. The van der Waals surface area contributed by atoms with Crippen molar-refractivity contribution in [2.24, 2.45) is 0 Å². The lowest BCUT2D eigenvalue weighted by Gasteiger charge is -2.23. The van der Waals surface area contributed by atoms with E-state index in [1.807, 2.05) is 30.3 Å². The number of hydrogen-bond acceptors (Lipinski definition) is 5. The van der Waals surface area contributed by atoms with Crippen LogP contribution in [0.3, 0.4) is 0 Å². The lowest BCUT2D eigenvalue weighted by Crippen LogP contribution is -2.40. The lowest BCUT2D eigenvalue weighted by molar-refractivity contribution is -0.137. The molecular formula is C33H29N3O6. The molecule has 3 amide bonds. The zero-order valence-electron chi connectivity index (χ0n) is 22.7. The Morgan fingerprint density at radius 1 is 0.786 bits per heavy atom. The molecule has 0 saturated carbocycles. The minimum Gasteiger partial charge on any atom is -0.481 e. The minimum absolute atomic E-state index is 0.159. The average Bonchev–Trinajstić information content (AvgIpc) is 3.09. The van der Waals surface area contributed by atoms with Gasteiger partial charge in [-0.05, 0) is 46.5 Å². The number of nitrogens with zero attached hydrogens (tertiary/aromatic N) is 1. The Bertz CT molecular complexity index is 1600. The molecule has 212 valence electrons. The normalized spacial score (nSPS) is 13.8. The molecule has 0 fully saturated rings. The average molecular weight is 564 g/mol. The van der Waals surface area contributed by atoms with E-state index in [1.54, 1.807) is 72.8 Å². The number of aliphatic carboxylic acids is 1. The van der Waals surface area contributed by atoms with Crippen LogP contribution in [-0.2, 0) is 27.5 Å². The van der Waals surface area contributed by atoms with E-state index in [9.17, 15) is 24.3 Å². The summed E-state index contributed by atoms with van der Waals surface area (Å²) in [6, 6.07) is 30.4. The number of carbonyl (C=O) groups excluding carboxylic acids is 3. The Labute approximate surface area is 242 Å². The number of amides is 3. The number of carboxylic acid groups (broad SMARTS) is 1. The second kappa shape index (κ2) is 12.8. The molecule has 1 aliphatic rings. The van der Waals surface area contributed by atoms with E-state index >= 15 is 0 Å². The van der Waals surface area contributed by atoms with Gasteiger partial charge in [-0.2, -0.15) is 0 Å². The number of para-hydroxylation sites is 1. The summed E-state index contributed by atoms with van der Waals surface area (Å²) < 4.78 is 5.24. The van der Waals surface area contributed by atoms with E-state index in [0.29, 0.717) is 28.1 Å². The molecule has 9 nitrogen and oxygen atoms in total. The first-order valence-corrected chi connectivity index (χ1v) is 13.4. The standard InChI is InChI=1S/C33H29N3O6/c37-30(34-19-22-14-16-24(17-15-22)35-33(41)42-21-23-8-2-1-3-9-23)20-36-29-13-7-6-11-26(29)28(18-31(38)39)25-10-4-5-12-27(25)32(36)40/h1-17,28H,18-21H2,(H,34,37)(H,35,41)(H,38,39). The van der Waals surface area contributed by atoms with Gasteiger partial charge in [-0.15, -0.1) is 0 Å².